The molecule has 1 aromatic carbocycles. The van der Waals surface area contributed by atoms with Crippen molar-refractivity contribution in [3.8, 4) is 0 Å². The molecule has 1 rings (SSSR count). The van der Waals surface area contributed by atoms with Gasteiger partial charge in [0.05, 0.1) is 11.3 Å². The predicted molar refractivity (Wildman–Crippen MR) is 53.0 cm³/mol. The van der Waals surface area contributed by atoms with E-state index in [4.69, 9.17) is 0 Å². The normalized spacial score (nSPS) is 10.6. The van der Waals surface area contributed by atoms with Crippen LogP contribution in [0.2, 0.25) is 0 Å². The molecule has 1 amide bonds. The Morgan fingerprint density at radius 1 is 1.31 bits per heavy atom. The van der Waals surface area contributed by atoms with E-state index < -0.39 is 23.5 Å². The topological polar surface area (TPSA) is 29.1 Å². The molecule has 0 aromatic heterocycles. The molecule has 0 radical (unpaired) electrons. The lowest BCUT2D eigenvalue weighted by Crippen LogP contribution is -2.10. The van der Waals surface area contributed by atoms with Crippen molar-refractivity contribution >= 4 is 24.0 Å². The highest BCUT2D eigenvalue weighted by atomic mass is 35.5. The summed E-state index contributed by atoms with van der Waals surface area (Å²) in [6.07, 6.45) is -4.59. The maximum absolute atomic E-state index is 13.0. The zero-order valence-electron chi connectivity index (χ0n) is 8.06. The minimum absolute atomic E-state index is 0. The van der Waals surface area contributed by atoms with Gasteiger partial charge < -0.3 is 5.32 Å². The molecule has 1 aromatic rings. The molecule has 0 aliphatic carbocycles. The average Bonchev–Trinajstić information content (AvgIpc) is 2.05. The first-order valence-corrected chi connectivity index (χ1v) is 3.95. The van der Waals surface area contributed by atoms with E-state index in [0.717, 1.165) is 13.0 Å². The van der Waals surface area contributed by atoms with Crippen LogP contribution in [-0.2, 0) is 11.0 Å². The van der Waals surface area contributed by atoms with Crippen LogP contribution in [-0.4, -0.2) is 5.91 Å². The summed E-state index contributed by atoms with van der Waals surface area (Å²) in [6.45, 7) is 1.14. The van der Waals surface area contributed by atoms with Gasteiger partial charge in [0.1, 0.15) is 5.82 Å². The molecule has 1 N–H and O–H groups in total. The Kier molecular flexibility index (Phi) is 4.74. The number of benzene rings is 1. The molecule has 0 bridgehead atoms. The standard InChI is InChI=1S/C9H7F4NO.ClH/c1-5(15)14-8-3-2-6(4-7(8)10)9(11,12)13;/h2-4H,1H3,(H,14,15);1H. The van der Waals surface area contributed by atoms with E-state index in [9.17, 15) is 22.4 Å². The van der Waals surface area contributed by atoms with E-state index in [-0.39, 0.29) is 18.1 Å². The molecule has 0 saturated heterocycles. The van der Waals surface area contributed by atoms with Crippen LogP contribution >= 0.6 is 12.4 Å². The molecule has 90 valence electrons. The van der Waals surface area contributed by atoms with Crippen molar-refractivity contribution in [2.75, 3.05) is 5.32 Å². The van der Waals surface area contributed by atoms with E-state index in [0.29, 0.717) is 12.1 Å². The smallest absolute Gasteiger partial charge is 0.324 e. The fourth-order valence-electron chi connectivity index (χ4n) is 0.982. The molecule has 0 spiro atoms. The molecule has 0 fully saturated rings. The van der Waals surface area contributed by atoms with Crippen molar-refractivity contribution in [3.05, 3.63) is 29.6 Å². The van der Waals surface area contributed by atoms with Crippen LogP contribution in [0.25, 0.3) is 0 Å². The maximum Gasteiger partial charge on any atom is 0.416 e. The van der Waals surface area contributed by atoms with Crippen LogP contribution in [0.4, 0.5) is 23.2 Å². The number of anilines is 1. The average molecular weight is 258 g/mol. The number of carbonyl (C=O) groups is 1. The predicted octanol–water partition coefficient (Wildman–Crippen LogP) is 3.22. The largest absolute Gasteiger partial charge is 0.416 e. The van der Waals surface area contributed by atoms with Gasteiger partial charge in [0.25, 0.3) is 0 Å². The first-order chi connectivity index (χ1) is 6.80. The van der Waals surface area contributed by atoms with Gasteiger partial charge in [0.15, 0.2) is 0 Å². The molecule has 16 heavy (non-hydrogen) atoms. The summed E-state index contributed by atoms with van der Waals surface area (Å²) in [6, 6.07) is 1.92. The number of amides is 1. The summed E-state index contributed by atoms with van der Waals surface area (Å²) < 4.78 is 49.4. The van der Waals surface area contributed by atoms with Gasteiger partial charge in [-0.3, -0.25) is 4.79 Å². The number of carbonyl (C=O) groups excluding carboxylic acids is 1. The number of rotatable bonds is 1. The zero-order chi connectivity index (χ0) is 11.6. The summed E-state index contributed by atoms with van der Waals surface area (Å²) in [4.78, 5) is 10.5. The summed E-state index contributed by atoms with van der Waals surface area (Å²) >= 11 is 0. The maximum atomic E-state index is 13.0. The Hall–Kier alpha value is -1.30. The lowest BCUT2D eigenvalue weighted by molar-refractivity contribution is -0.137. The molecule has 0 saturated carbocycles. The quantitative estimate of drug-likeness (QED) is 0.769. The Labute approximate surface area is 95.1 Å². The minimum atomic E-state index is -4.59. The van der Waals surface area contributed by atoms with Crippen LogP contribution in [0.5, 0.6) is 0 Å². The van der Waals surface area contributed by atoms with E-state index in [1.54, 1.807) is 0 Å². The fourth-order valence-corrected chi connectivity index (χ4v) is 0.982. The van der Waals surface area contributed by atoms with Crippen molar-refractivity contribution in [2.45, 2.75) is 13.1 Å². The number of hydrogen-bond donors (Lipinski definition) is 1. The van der Waals surface area contributed by atoms with Crippen LogP contribution in [0, 0.1) is 5.82 Å². The first kappa shape index (κ1) is 14.7. The molecule has 0 aliphatic rings. The molecule has 0 unspecified atom stereocenters. The summed E-state index contributed by atoms with van der Waals surface area (Å²) in [5.74, 6) is -1.66. The second-order valence-electron chi connectivity index (χ2n) is 2.87. The molecule has 7 heteroatoms. The summed E-state index contributed by atoms with van der Waals surface area (Å²) in [7, 11) is 0. The van der Waals surface area contributed by atoms with Crippen molar-refractivity contribution < 1.29 is 22.4 Å². The first-order valence-electron chi connectivity index (χ1n) is 3.95. The molecule has 0 atom stereocenters. The second-order valence-corrected chi connectivity index (χ2v) is 2.87. The Balaban J connectivity index is 0.00000225. The van der Waals surface area contributed by atoms with Gasteiger partial charge in [-0.05, 0) is 18.2 Å². The summed E-state index contributed by atoms with van der Waals surface area (Å²) in [5, 5.41) is 2.07. The lowest BCUT2D eigenvalue weighted by atomic mass is 10.2. The minimum Gasteiger partial charge on any atom is -0.324 e. The number of halogens is 5. The summed E-state index contributed by atoms with van der Waals surface area (Å²) in [5.41, 5.74) is -1.36. The Morgan fingerprint density at radius 3 is 2.25 bits per heavy atom. The Morgan fingerprint density at radius 2 is 1.88 bits per heavy atom. The molecule has 0 heterocycles. The number of nitrogens with one attached hydrogen (secondary N) is 1. The molecule has 2 nitrogen and oxygen atoms in total. The van der Waals surface area contributed by atoms with Crippen molar-refractivity contribution in [3.63, 3.8) is 0 Å². The van der Waals surface area contributed by atoms with Crippen LogP contribution in [0.1, 0.15) is 12.5 Å². The van der Waals surface area contributed by atoms with Crippen molar-refractivity contribution in [2.24, 2.45) is 0 Å². The van der Waals surface area contributed by atoms with Gasteiger partial charge in [-0.2, -0.15) is 13.2 Å². The van der Waals surface area contributed by atoms with Gasteiger partial charge in [0.2, 0.25) is 5.91 Å². The van der Waals surface area contributed by atoms with Crippen LogP contribution in [0.15, 0.2) is 18.2 Å². The lowest BCUT2D eigenvalue weighted by Gasteiger charge is -2.09. The zero-order valence-corrected chi connectivity index (χ0v) is 8.88. The molecular weight excluding hydrogens is 250 g/mol. The van der Waals surface area contributed by atoms with Crippen molar-refractivity contribution in [1.82, 2.24) is 0 Å². The third-order valence-electron chi connectivity index (χ3n) is 1.61. The van der Waals surface area contributed by atoms with Gasteiger partial charge in [-0.15, -0.1) is 12.4 Å². The third kappa shape index (κ3) is 3.69. The number of alkyl halides is 3. The van der Waals surface area contributed by atoms with E-state index in [2.05, 4.69) is 5.32 Å². The van der Waals surface area contributed by atoms with E-state index >= 15 is 0 Å². The third-order valence-corrected chi connectivity index (χ3v) is 1.61. The number of hydrogen-bond acceptors (Lipinski definition) is 1. The van der Waals surface area contributed by atoms with Gasteiger partial charge in [0, 0.05) is 6.92 Å². The van der Waals surface area contributed by atoms with E-state index in [1.165, 1.54) is 0 Å². The highest BCUT2D eigenvalue weighted by molar-refractivity contribution is 5.88. The van der Waals surface area contributed by atoms with Gasteiger partial charge in [-0.1, -0.05) is 0 Å². The van der Waals surface area contributed by atoms with Gasteiger partial charge in [-0.25, -0.2) is 4.39 Å². The molecule has 0 aliphatic heterocycles. The Bertz CT molecular complexity index is 392. The molecular formula is C9H8ClF4NO. The van der Waals surface area contributed by atoms with Crippen LogP contribution in [0.3, 0.4) is 0 Å². The highest BCUT2D eigenvalue weighted by Crippen LogP contribution is 2.31. The van der Waals surface area contributed by atoms with E-state index in [1.807, 2.05) is 0 Å². The van der Waals surface area contributed by atoms with Crippen molar-refractivity contribution in [1.29, 1.82) is 0 Å². The van der Waals surface area contributed by atoms with Crippen LogP contribution < -0.4 is 5.32 Å². The fraction of sp³-hybridized carbons (Fsp3) is 0.222. The highest BCUT2D eigenvalue weighted by Gasteiger charge is 2.31. The second kappa shape index (κ2) is 5.16. The monoisotopic (exact) mass is 257 g/mol. The van der Waals surface area contributed by atoms with Gasteiger partial charge >= 0.3 is 6.18 Å². The SMILES string of the molecule is CC(=O)Nc1ccc(C(F)(F)F)cc1F.Cl.